The molecular formula is C11H9NO6. The zero-order valence-electron chi connectivity index (χ0n) is 9.07. The van der Waals surface area contributed by atoms with E-state index in [9.17, 15) is 19.7 Å². The molecule has 0 fully saturated rings. The first-order valence-corrected chi connectivity index (χ1v) is 5.16. The van der Waals surface area contributed by atoms with Gasteiger partial charge in [0.1, 0.15) is 0 Å². The lowest BCUT2D eigenvalue weighted by Gasteiger charge is -2.05. The van der Waals surface area contributed by atoms with Crippen LogP contribution in [0.5, 0.6) is 0 Å². The number of nitro benzene ring substituents is 1. The van der Waals surface area contributed by atoms with E-state index in [-0.39, 0.29) is 23.2 Å². The molecule has 0 spiro atoms. The van der Waals surface area contributed by atoms with E-state index in [0.29, 0.717) is 0 Å². The molecule has 0 amide bonds. The van der Waals surface area contributed by atoms with E-state index in [1.165, 1.54) is 18.2 Å². The summed E-state index contributed by atoms with van der Waals surface area (Å²) in [6.45, 7) is 0. The second-order valence-electron chi connectivity index (χ2n) is 4.05. The number of hydrogen-bond acceptors (Lipinski definition) is 4. The van der Waals surface area contributed by atoms with E-state index < -0.39 is 28.7 Å². The fourth-order valence-electron chi connectivity index (χ4n) is 2.35. The van der Waals surface area contributed by atoms with Crippen molar-refractivity contribution in [3.8, 4) is 0 Å². The third kappa shape index (κ3) is 1.69. The van der Waals surface area contributed by atoms with Crippen molar-refractivity contribution in [3.05, 3.63) is 39.4 Å². The zero-order valence-corrected chi connectivity index (χ0v) is 9.07. The molecule has 0 heterocycles. The Labute approximate surface area is 101 Å². The second-order valence-corrected chi connectivity index (χ2v) is 4.05. The molecule has 0 aromatic heterocycles. The number of benzene rings is 1. The highest BCUT2D eigenvalue weighted by atomic mass is 16.6. The molecule has 2 rings (SSSR count). The summed E-state index contributed by atoms with van der Waals surface area (Å²) in [7, 11) is 0. The Morgan fingerprint density at radius 1 is 1.22 bits per heavy atom. The quantitative estimate of drug-likeness (QED) is 0.618. The van der Waals surface area contributed by atoms with Crippen LogP contribution in [-0.2, 0) is 9.59 Å². The van der Waals surface area contributed by atoms with Crippen molar-refractivity contribution < 1.29 is 24.7 Å². The van der Waals surface area contributed by atoms with Crippen LogP contribution in [0.1, 0.15) is 29.4 Å². The smallest absolute Gasteiger partial charge is 0.311 e. The van der Waals surface area contributed by atoms with Crippen LogP contribution in [0.4, 0.5) is 5.69 Å². The Bertz CT molecular complexity index is 552. The van der Waals surface area contributed by atoms with Crippen LogP contribution in [0.3, 0.4) is 0 Å². The van der Waals surface area contributed by atoms with Gasteiger partial charge in [0.25, 0.3) is 5.69 Å². The van der Waals surface area contributed by atoms with Gasteiger partial charge in [0.2, 0.25) is 0 Å². The lowest BCUT2D eigenvalue weighted by atomic mass is 9.99. The lowest BCUT2D eigenvalue weighted by Crippen LogP contribution is -2.11. The van der Waals surface area contributed by atoms with E-state index in [1.807, 2.05) is 0 Å². The Balaban J connectivity index is 2.65. The first kappa shape index (κ1) is 12.0. The molecular weight excluding hydrogens is 242 g/mol. The van der Waals surface area contributed by atoms with Gasteiger partial charge in [0.15, 0.2) is 0 Å². The van der Waals surface area contributed by atoms with E-state index in [4.69, 9.17) is 10.2 Å². The fourth-order valence-corrected chi connectivity index (χ4v) is 2.35. The normalized spacial score (nSPS) is 21.3. The monoisotopic (exact) mass is 251 g/mol. The molecule has 0 aliphatic heterocycles. The summed E-state index contributed by atoms with van der Waals surface area (Å²) in [4.78, 5) is 32.3. The third-order valence-corrected chi connectivity index (χ3v) is 3.11. The number of carboxylic acids is 2. The number of nitrogens with zero attached hydrogens (tertiary/aromatic N) is 1. The summed E-state index contributed by atoms with van der Waals surface area (Å²) < 4.78 is 0. The predicted octanol–water partition coefficient (Wildman–Crippen LogP) is 1.33. The highest BCUT2D eigenvalue weighted by Gasteiger charge is 2.43. The number of nitro groups is 1. The van der Waals surface area contributed by atoms with Crippen LogP contribution in [0.15, 0.2) is 18.2 Å². The van der Waals surface area contributed by atoms with Crippen LogP contribution < -0.4 is 0 Å². The van der Waals surface area contributed by atoms with Crippen LogP contribution in [0.2, 0.25) is 0 Å². The average Bonchev–Trinajstić information content (AvgIpc) is 2.67. The van der Waals surface area contributed by atoms with Gasteiger partial charge < -0.3 is 10.2 Å². The van der Waals surface area contributed by atoms with Gasteiger partial charge >= 0.3 is 11.9 Å². The van der Waals surface area contributed by atoms with E-state index >= 15 is 0 Å². The van der Waals surface area contributed by atoms with E-state index in [2.05, 4.69) is 0 Å². The van der Waals surface area contributed by atoms with Crippen molar-refractivity contribution in [3.63, 3.8) is 0 Å². The molecule has 7 nitrogen and oxygen atoms in total. The molecule has 0 radical (unpaired) electrons. The number of carbonyl (C=O) groups is 2. The number of fused-ring (bicyclic) bond motifs is 1. The summed E-state index contributed by atoms with van der Waals surface area (Å²) >= 11 is 0. The van der Waals surface area contributed by atoms with Gasteiger partial charge in [-0.15, -0.1) is 0 Å². The summed E-state index contributed by atoms with van der Waals surface area (Å²) in [5.41, 5.74) is -0.0878. The number of hydrogen-bond donors (Lipinski definition) is 2. The Kier molecular flexibility index (Phi) is 2.74. The summed E-state index contributed by atoms with van der Waals surface area (Å²) in [6.07, 6.45) is -0.148. The Morgan fingerprint density at radius 3 is 2.33 bits per heavy atom. The van der Waals surface area contributed by atoms with Crippen molar-refractivity contribution in [1.29, 1.82) is 0 Å². The van der Waals surface area contributed by atoms with Crippen LogP contribution in [0, 0.1) is 10.1 Å². The number of rotatable bonds is 3. The van der Waals surface area contributed by atoms with Crippen molar-refractivity contribution in [2.75, 3.05) is 0 Å². The van der Waals surface area contributed by atoms with Crippen LogP contribution >= 0.6 is 0 Å². The fraction of sp³-hybridized carbons (Fsp3) is 0.273. The molecule has 0 bridgehead atoms. The maximum atomic E-state index is 11.1. The maximum absolute atomic E-state index is 11.1. The zero-order chi connectivity index (χ0) is 13.4. The second kappa shape index (κ2) is 4.10. The van der Waals surface area contributed by atoms with E-state index in [0.717, 1.165) is 0 Å². The Hall–Kier alpha value is -2.44. The predicted molar refractivity (Wildman–Crippen MR) is 58.5 cm³/mol. The summed E-state index contributed by atoms with van der Waals surface area (Å²) in [6, 6.07) is 4.00. The highest BCUT2D eigenvalue weighted by molar-refractivity contribution is 5.86. The maximum Gasteiger partial charge on any atom is 0.311 e. The van der Waals surface area contributed by atoms with Gasteiger partial charge in [-0.1, -0.05) is 12.1 Å². The minimum Gasteiger partial charge on any atom is -0.481 e. The van der Waals surface area contributed by atoms with Gasteiger partial charge in [-0.3, -0.25) is 19.7 Å². The molecule has 0 saturated carbocycles. The molecule has 1 aromatic rings. The molecule has 94 valence electrons. The molecule has 1 aliphatic carbocycles. The van der Waals surface area contributed by atoms with Gasteiger partial charge in [-0.25, -0.2) is 0 Å². The topological polar surface area (TPSA) is 118 Å². The standard InChI is InChI=1S/C11H9NO6/c13-10(14)6-4-7(11(15)16)9-5(6)2-1-3-8(9)12(17)18/h1-3,6-7H,4H2,(H,13,14)(H,15,16)/t6-,7+/m1/s1. The van der Waals surface area contributed by atoms with Gasteiger partial charge in [-0.05, 0) is 12.0 Å². The number of carboxylic acid groups (broad SMARTS) is 2. The summed E-state index contributed by atoms with van der Waals surface area (Å²) in [5, 5.41) is 28.9. The largest absolute Gasteiger partial charge is 0.481 e. The van der Waals surface area contributed by atoms with Crippen molar-refractivity contribution >= 4 is 17.6 Å². The van der Waals surface area contributed by atoms with Crippen molar-refractivity contribution in [2.24, 2.45) is 0 Å². The molecule has 0 unspecified atom stereocenters. The van der Waals surface area contributed by atoms with Gasteiger partial charge in [-0.2, -0.15) is 0 Å². The molecule has 7 heteroatoms. The van der Waals surface area contributed by atoms with Crippen LogP contribution in [-0.4, -0.2) is 27.1 Å². The molecule has 1 aromatic carbocycles. The first-order chi connectivity index (χ1) is 8.43. The van der Waals surface area contributed by atoms with Crippen molar-refractivity contribution in [2.45, 2.75) is 18.3 Å². The van der Waals surface area contributed by atoms with Crippen molar-refractivity contribution in [1.82, 2.24) is 0 Å². The van der Waals surface area contributed by atoms with Gasteiger partial charge in [0.05, 0.1) is 16.8 Å². The molecule has 2 N–H and O–H groups in total. The molecule has 0 saturated heterocycles. The molecule has 18 heavy (non-hydrogen) atoms. The SMILES string of the molecule is O=C(O)[C@H]1C[C@@H](C(=O)O)c2cccc([N+](=O)[O-])c21. The molecule has 2 atom stereocenters. The average molecular weight is 251 g/mol. The van der Waals surface area contributed by atoms with Crippen LogP contribution in [0.25, 0.3) is 0 Å². The summed E-state index contributed by atoms with van der Waals surface area (Å²) in [5.74, 6) is -4.54. The third-order valence-electron chi connectivity index (χ3n) is 3.11. The lowest BCUT2D eigenvalue weighted by molar-refractivity contribution is -0.385. The first-order valence-electron chi connectivity index (χ1n) is 5.16. The molecule has 1 aliphatic rings. The Morgan fingerprint density at radius 2 is 1.83 bits per heavy atom. The highest BCUT2D eigenvalue weighted by Crippen LogP contribution is 2.46. The minimum atomic E-state index is -1.24. The minimum absolute atomic E-state index is 0.0161. The van der Waals surface area contributed by atoms with Gasteiger partial charge in [0, 0.05) is 11.6 Å². The van der Waals surface area contributed by atoms with E-state index in [1.54, 1.807) is 0 Å². The number of aliphatic carboxylic acids is 2.